The summed E-state index contributed by atoms with van der Waals surface area (Å²) in [7, 11) is 0. The number of aliphatic carboxylic acids is 1. The summed E-state index contributed by atoms with van der Waals surface area (Å²) in [6.07, 6.45) is 4.39. The zero-order valence-electron chi connectivity index (χ0n) is 11.7. The molecule has 0 saturated carbocycles. The van der Waals surface area contributed by atoms with Gasteiger partial charge in [-0.15, -0.1) is 22.7 Å². The molecule has 5 nitrogen and oxygen atoms in total. The highest BCUT2D eigenvalue weighted by atomic mass is 32.1. The Labute approximate surface area is 131 Å². The highest BCUT2D eigenvalue weighted by Crippen LogP contribution is 2.37. The molecule has 3 rings (SSSR count). The van der Waals surface area contributed by atoms with Crippen LogP contribution in [0.25, 0.3) is 0 Å². The van der Waals surface area contributed by atoms with Gasteiger partial charge in [0.25, 0.3) is 0 Å². The molecule has 0 aromatic carbocycles. The molecule has 0 spiro atoms. The van der Waals surface area contributed by atoms with Gasteiger partial charge in [-0.2, -0.15) is 0 Å². The Bertz CT molecular complexity index is 624. The first kappa shape index (κ1) is 14.5. The monoisotopic (exact) mass is 323 g/mol. The Morgan fingerprint density at radius 2 is 2.48 bits per heavy atom. The van der Waals surface area contributed by atoms with Crippen LogP contribution in [0.5, 0.6) is 0 Å². The number of aromatic nitrogens is 2. The molecular weight excluding hydrogens is 306 g/mol. The zero-order chi connectivity index (χ0) is 14.8. The third kappa shape index (κ3) is 3.08. The number of thiazole rings is 2. The molecule has 1 aliphatic carbocycles. The quantitative estimate of drug-likeness (QED) is 0.883. The number of carbonyl (C=O) groups is 1. The van der Waals surface area contributed by atoms with Crippen molar-refractivity contribution in [3.05, 3.63) is 27.2 Å². The van der Waals surface area contributed by atoms with Gasteiger partial charge in [-0.25, -0.2) is 9.97 Å². The third-order valence-electron chi connectivity index (χ3n) is 3.68. The van der Waals surface area contributed by atoms with Gasteiger partial charge in [-0.1, -0.05) is 6.92 Å². The van der Waals surface area contributed by atoms with Crippen LogP contribution in [-0.2, 0) is 11.2 Å². The number of hydrogen-bond donors (Lipinski definition) is 2. The lowest BCUT2D eigenvalue weighted by Gasteiger charge is -2.16. The Morgan fingerprint density at radius 3 is 3.19 bits per heavy atom. The van der Waals surface area contributed by atoms with Crippen LogP contribution in [-0.4, -0.2) is 27.6 Å². The summed E-state index contributed by atoms with van der Waals surface area (Å²) in [5.74, 6) is -0.873. The van der Waals surface area contributed by atoms with Gasteiger partial charge < -0.3 is 10.4 Å². The molecule has 21 heavy (non-hydrogen) atoms. The van der Waals surface area contributed by atoms with Gasteiger partial charge in [0.05, 0.1) is 10.7 Å². The van der Waals surface area contributed by atoms with E-state index >= 15 is 0 Å². The van der Waals surface area contributed by atoms with E-state index in [4.69, 9.17) is 0 Å². The largest absolute Gasteiger partial charge is 0.481 e. The molecule has 2 atom stereocenters. The van der Waals surface area contributed by atoms with Crippen molar-refractivity contribution in [2.45, 2.75) is 38.0 Å². The Kier molecular flexibility index (Phi) is 4.21. The highest BCUT2D eigenvalue weighted by molar-refractivity contribution is 7.15. The van der Waals surface area contributed by atoms with Crippen LogP contribution >= 0.6 is 22.7 Å². The van der Waals surface area contributed by atoms with Crippen LogP contribution in [0, 0.1) is 0 Å². The van der Waals surface area contributed by atoms with E-state index < -0.39 is 11.9 Å². The fraction of sp³-hybridized carbons (Fsp3) is 0.500. The lowest BCUT2D eigenvalue weighted by molar-refractivity contribution is -0.139. The molecule has 2 aromatic rings. The summed E-state index contributed by atoms with van der Waals surface area (Å²) in [6, 6.07) is 0. The number of carboxylic acids is 1. The average molecular weight is 323 g/mol. The van der Waals surface area contributed by atoms with Crippen molar-refractivity contribution in [2.75, 3.05) is 11.9 Å². The van der Waals surface area contributed by atoms with Crippen molar-refractivity contribution in [1.29, 1.82) is 0 Å². The van der Waals surface area contributed by atoms with Crippen LogP contribution < -0.4 is 5.32 Å². The van der Waals surface area contributed by atoms with E-state index in [2.05, 4.69) is 22.2 Å². The fourth-order valence-electron chi connectivity index (χ4n) is 2.54. The van der Waals surface area contributed by atoms with Crippen molar-refractivity contribution in [3.8, 4) is 0 Å². The second-order valence-electron chi connectivity index (χ2n) is 5.26. The van der Waals surface area contributed by atoms with Gasteiger partial charge in [0, 0.05) is 28.9 Å². The van der Waals surface area contributed by atoms with Gasteiger partial charge >= 0.3 is 5.97 Å². The number of carboxylic acid groups (broad SMARTS) is 1. The summed E-state index contributed by atoms with van der Waals surface area (Å²) in [5.41, 5.74) is 0.767. The minimum absolute atomic E-state index is 0.321. The Hall–Kier alpha value is -1.47. The van der Waals surface area contributed by atoms with Crippen molar-refractivity contribution in [2.24, 2.45) is 0 Å². The lowest BCUT2D eigenvalue weighted by atomic mass is 9.91. The number of rotatable bonds is 5. The van der Waals surface area contributed by atoms with Crippen LogP contribution in [0.4, 0.5) is 5.13 Å². The van der Waals surface area contributed by atoms with Crippen molar-refractivity contribution < 1.29 is 9.90 Å². The number of fused-ring (bicyclic) bond motifs is 1. The number of aryl methyl sites for hydroxylation is 1. The van der Waals surface area contributed by atoms with E-state index in [9.17, 15) is 9.90 Å². The molecular formula is C14H17N3O2S2. The van der Waals surface area contributed by atoms with E-state index in [1.54, 1.807) is 22.7 Å². The van der Waals surface area contributed by atoms with Crippen LogP contribution in [0.15, 0.2) is 11.6 Å². The van der Waals surface area contributed by atoms with Gasteiger partial charge in [0.15, 0.2) is 5.13 Å². The molecule has 0 fully saturated rings. The van der Waals surface area contributed by atoms with Gasteiger partial charge in [0.1, 0.15) is 5.92 Å². The first-order chi connectivity index (χ1) is 10.1. The van der Waals surface area contributed by atoms with Crippen molar-refractivity contribution in [1.82, 2.24) is 9.97 Å². The maximum Gasteiger partial charge on any atom is 0.312 e. The predicted octanol–water partition coefficient (Wildman–Crippen LogP) is 3.32. The maximum absolute atomic E-state index is 11.3. The predicted molar refractivity (Wildman–Crippen MR) is 84.4 cm³/mol. The standard InChI is InChI=1S/C14H17N3O2S2/c1-8(12-15-5-6-20-12)7-16-14-17-11-9(13(18)19)3-2-4-10(11)21-14/h5-6,8-9H,2-4,7H2,1H3,(H,16,17)(H,18,19). The summed E-state index contributed by atoms with van der Waals surface area (Å²) in [6.45, 7) is 2.89. The molecule has 0 bridgehead atoms. The zero-order valence-corrected chi connectivity index (χ0v) is 13.3. The highest BCUT2D eigenvalue weighted by Gasteiger charge is 2.30. The molecule has 2 N–H and O–H groups in total. The minimum Gasteiger partial charge on any atom is -0.481 e. The topological polar surface area (TPSA) is 75.1 Å². The first-order valence-corrected chi connectivity index (χ1v) is 8.70. The van der Waals surface area contributed by atoms with Crippen LogP contribution in [0.3, 0.4) is 0 Å². The number of nitrogens with zero attached hydrogens (tertiary/aromatic N) is 2. The van der Waals surface area contributed by atoms with E-state index in [-0.39, 0.29) is 0 Å². The van der Waals surface area contributed by atoms with E-state index in [1.807, 2.05) is 11.6 Å². The van der Waals surface area contributed by atoms with Gasteiger partial charge in [0.2, 0.25) is 0 Å². The summed E-state index contributed by atoms with van der Waals surface area (Å²) < 4.78 is 0. The fourth-order valence-corrected chi connectivity index (χ4v) is 4.31. The molecule has 0 aliphatic heterocycles. The normalized spacial score (nSPS) is 19.0. The minimum atomic E-state index is -0.760. The molecule has 2 unspecified atom stereocenters. The molecule has 0 radical (unpaired) electrons. The van der Waals surface area contributed by atoms with Crippen LogP contribution in [0.1, 0.15) is 47.2 Å². The van der Waals surface area contributed by atoms with E-state index in [1.165, 1.54) is 0 Å². The molecule has 1 aliphatic rings. The molecule has 2 aromatic heterocycles. The van der Waals surface area contributed by atoms with Gasteiger partial charge in [-0.05, 0) is 19.3 Å². The first-order valence-electron chi connectivity index (χ1n) is 7.01. The average Bonchev–Trinajstić information content (AvgIpc) is 3.12. The summed E-state index contributed by atoms with van der Waals surface area (Å²) in [4.78, 5) is 21.2. The van der Waals surface area contributed by atoms with E-state index in [0.717, 1.165) is 40.1 Å². The van der Waals surface area contributed by atoms with Gasteiger partial charge in [-0.3, -0.25) is 4.79 Å². The Morgan fingerprint density at radius 1 is 1.62 bits per heavy atom. The summed E-state index contributed by atoms with van der Waals surface area (Å²) >= 11 is 3.25. The molecule has 7 heteroatoms. The SMILES string of the molecule is CC(CNc1nc2c(s1)CCCC2C(=O)O)c1nccs1. The van der Waals surface area contributed by atoms with Crippen molar-refractivity contribution in [3.63, 3.8) is 0 Å². The Balaban J connectivity index is 1.69. The summed E-state index contributed by atoms with van der Waals surface area (Å²) in [5, 5.41) is 16.5. The third-order valence-corrected chi connectivity index (χ3v) is 5.78. The smallest absolute Gasteiger partial charge is 0.312 e. The molecule has 2 heterocycles. The van der Waals surface area contributed by atoms with Crippen LogP contribution in [0.2, 0.25) is 0 Å². The molecule has 0 saturated heterocycles. The van der Waals surface area contributed by atoms with E-state index in [0.29, 0.717) is 12.3 Å². The number of nitrogens with one attached hydrogen (secondary N) is 1. The number of anilines is 1. The number of hydrogen-bond acceptors (Lipinski definition) is 6. The van der Waals surface area contributed by atoms with Crippen molar-refractivity contribution >= 4 is 33.8 Å². The lowest BCUT2D eigenvalue weighted by Crippen LogP contribution is -2.17. The second-order valence-corrected chi connectivity index (χ2v) is 7.27. The molecule has 0 amide bonds. The molecule has 112 valence electrons. The second kappa shape index (κ2) is 6.11. The maximum atomic E-state index is 11.3.